The molecule has 0 aromatic rings. The van der Waals surface area contributed by atoms with E-state index in [4.69, 9.17) is 9.31 Å². The van der Waals surface area contributed by atoms with Gasteiger partial charge in [0.05, 0.1) is 12.2 Å². The van der Waals surface area contributed by atoms with E-state index < -0.39 is 0 Å². The van der Waals surface area contributed by atoms with Gasteiger partial charge >= 0.3 is 7.69 Å². The molecule has 0 spiro atoms. The predicted octanol–water partition coefficient (Wildman–Crippen LogP) is 2.30. The quantitative estimate of drug-likeness (QED) is 0.392. The van der Waals surface area contributed by atoms with Gasteiger partial charge in [-0.05, 0) is 41.5 Å². The van der Waals surface area contributed by atoms with Crippen LogP contribution in [0.4, 0.5) is 0 Å². The van der Waals surface area contributed by atoms with Crippen molar-refractivity contribution in [2.24, 2.45) is 10.8 Å². The summed E-state index contributed by atoms with van der Waals surface area (Å²) in [6.07, 6.45) is 5.16. The van der Waals surface area contributed by atoms with Crippen molar-refractivity contribution in [3.63, 3.8) is 0 Å². The molecule has 0 saturated carbocycles. The largest absolute Gasteiger partial charge is 0.594 e. The van der Waals surface area contributed by atoms with Gasteiger partial charge in [-0.25, -0.2) is 0 Å². The van der Waals surface area contributed by atoms with Crippen molar-refractivity contribution in [2.45, 2.75) is 41.5 Å². The summed E-state index contributed by atoms with van der Waals surface area (Å²) in [5, 5.41) is 0. The molecule has 0 aromatic heterocycles. The Morgan fingerprint density at radius 1 is 0.733 bits per heavy atom. The zero-order valence-electron chi connectivity index (χ0n) is 10.5. The standard InChI is InChI=1S/C12H19BO2/c1-11(2,3)7-9-14-13-15-10-8-12(4,5)6/h13H,1-6H3. The maximum absolute atomic E-state index is 4.94. The van der Waals surface area contributed by atoms with Crippen LogP contribution in [0.2, 0.25) is 0 Å². The molecule has 0 rings (SSSR count). The summed E-state index contributed by atoms with van der Waals surface area (Å²) in [6, 6.07) is 0. The van der Waals surface area contributed by atoms with Crippen molar-refractivity contribution in [3.8, 4) is 24.1 Å². The van der Waals surface area contributed by atoms with Gasteiger partial charge < -0.3 is 9.31 Å². The minimum absolute atomic E-state index is 0.0446. The number of hydrogen-bond donors (Lipinski definition) is 0. The van der Waals surface area contributed by atoms with Gasteiger partial charge in [0, 0.05) is 10.8 Å². The van der Waals surface area contributed by atoms with Gasteiger partial charge in [-0.3, -0.25) is 0 Å². The Balaban J connectivity index is 3.72. The smallest absolute Gasteiger partial charge is 0.479 e. The van der Waals surface area contributed by atoms with Crippen molar-refractivity contribution < 1.29 is 9.31 Å². The van der Waals surface area contributed by atoms with Crippen LogP contribution >= 0.6 is 0 Å². The van der Waals surface area contributed by atoms with Crippen LogP contribution in [0.25, 0.3) is 0 Å². The lowest BCUT2D eigenvalue weighted by molar-refractivity contribution is 0.408. The van der Waals surface area contributed by atoms with E-state index >= 15 is 0 Å². The monoisotopic (exact) mass is 206 g/mol. The molecule has 0 radical (unpaired) electrons. The Bertz CT molecular complexity index is 267. The van der Waals surface area contributed by atoms with Crippen LogP contribution in [0.3, 0.4) is 0 Å². The summed E-state index contributed by atoms with van der Waals surface area (Å²) in [6.45, 7) is 12.1. The summed E-state index contributed by atoms with van der Waals surface area (Å²) < 4.78 is 9.88. The van der Waals surface area contributed by atoms with Gasteiger partial charge in [-0.2, -0.15) is 0 Å². The highest BCUT2D eigenvalue weighted by molar-refractivity contribution is 6.19. The van der Waals surface area contributed by atoms with Crippen molar-refractivity contribution in [1.29, 1.82) is 0 Å². The van der Waals surface area contributed by atoms with Crippen LogP contribution in [0, 0.1) is 34.9 Å². The fourth-order valence-electron chi connectivity index (χ4n) is 0.467. The van der Waals surface area contributed by atoms with Gasteiger partial charge in [-0.15, -0.1) is 0 Å². The lowest BCUT2D eigenvalue weighted by Gasteiger charge is -2.06. The van der Waals surface area contributed by atoms with Crippen molar-refractivity contribution >= 4 is 7.69 Å². The van der Waals surface area contributed by atoms with Crippen LogP contribution in [0.15, 0.2) is 0 Å². The fraction of sp³-hybridized carbons (Fsp3) is 0.667. The molecule has 82 valence electrons. The summed E-state index contributed by atoms with van der Waals surface area (Å²) in [4.78, 5) is 0. The molecular formula is C12H19BO2. The van der Waals surface area contributed by atoms with E-state index in [1.165, 1.54) is 0 Å². The number of rotatable bonds is 2. The van der Waals surface area contributed by atoms with Crippen LogP contribution in [-0.2, 0) is 9.31 Å². The van der Waals surface area contributed by atoms with Gasteiger partial charge in [0.15, 0.2) is 0 Å². The minimum atomic E-state index is -0.0446. The van der Waals surface area contributed by atoms with Gasteiger partial charge in [0.2, 0.25) is 0 Å². The third-order valence-electron chi connectivity index (χ3n) is 1.11. The van der Waals surface area contributed by atoms with Crippen LogP contribution in [0.5, 0.6) is 0 Å². The normalized spacial score (nSPS) is 10.3. The SMILES string of the molecule is CC(C)(C)C#COBOC#CC(C)(C)C. The molecule has 15 heavy (non-hydrogen) atoms. The zero-order valence-corrected chi connectivity index (χ0v) is 10.5. The molecule has 0 saturated heterocycles. The summed E-state index contributed by atoms with van der Waals surface area (Å²) in [7, 11) is 0.0894. The first-order chi connectivity index (χ1) is 6.71. The highest BCUT2D eigenvalue weighted by Gasteiger charge is 2.04. The van der Waals surface area contributed by atoms with Crippen LogP contribution in [-0.4, -0.2) is 7.69 Å². The van der Waals surface area contributed by atoms with E-state index in [2.05, 4.69) is 24.1 Å². The second-order valence-electron chi connectivity index (χ2n) is 5.36. The lowest BCUT2D eigenvalue weighted by atomic mass is 9.99. The van der Waals surface area contributed by atoms with Gasteiger partial charge in [-0.1, -0.05) is 11.8 Å². The number of hydrogen-bond acceptors (Lipinski definition) is 2. The highest BCUT2D eigenvalue weighted by Crippen LogP contribution is 2.10. The minimum Gasteiger partial charge on any atom is -0.479 e. The molecular weight excluding hydrogens is 187 g/mol. The molecule has 0 fully saturated rings. The Morgan fingerprint density at radius 3 is 1.33 bits per heavy atom. The first-order valence-electron chi connectivity index (χ1n) is 4.99. The summed E-state index contributed by atoms with van der Waals surface area (Å²) >= 11 is 0. The average Bonchev–Trinajstić information content (AvgIpc) is 1.98. The van der Waals surface area contributed by atoms with E-state index in [1.54, 1.807) is 0 Å². The Morgan fingerprint density at radius 2 is 1.07 bits per heavy atom. The molecule has 0 heterocycles. The maximum atomic E-state index is 4.94. The molecule has 0 unspecified atom stereocenters. The molecule has 0 aliphatic rings. The van der Waals surface area contributed by atoms with E-state index in [0.717, 1.165) is 0 Å². The molecule has 0 amide bonds. The second kappa shape index (κ2) is 5.61. The van der Waals surface area contributed by atoms with Crippen molar-refractivity contribution in [1.82, 2.24) is 0 Å². The molecule has 0 N–H and O–H groups in total. The van der Waals surface area contributed by atoms with Crippen LogP contribution in [0.1, 0.15) is 41.5 Å². The lowest BCUT2D eigenvalue weighted by Crippen LogP contribution is -2.03. The summed E-state index contributed by atoms with van der Waals surface area (Å²) in [5.74, 6) is 5.86. The van der Waals surface area contributed by atoms with Crippen molar-refractivity contribution in [2.75, 3.05) is 0 Å². The first-order valence-corrected chi connectivity index (χ1v) is 4.99. The molecule has 3 heteroatoms. The Kier molecular flexibility index (Phi) is 5.16. The van der Waals surface area contributed by atoms with Crippen LogP contribution < -0.4 is 0 Å². The predicted molar refractivity (Wildman–Crippen MR) is 63.8 cm³/mol. The molecule has 0 atom stereocenters. The average molecular weight is 206 g/mol. The fourth-order valence-corrected chi connectivity index (χ4v) is 0.467. The first kappa shape index (κ1) is 13.8. The third kappa shape index (κ3) is 12.8. The van der Waals surface area contributed by atoms with E-state index in [9.17, 15) is 0 Å². The topological polar surface area (TPSA) is 18.5 Å². The highest BCUT2D eigenvalue weighted by atomic mass is 16.6. The van der Waals surface area contributed by atoms with Crippen molar-refractivity contribution in [3.05, 3.63) is 0 Å². The van der Waals surface area contributed by atoms with E-state index in [0.29, 0.717) is 0 Å². The molecule has 0 bridgehead atoms. The zero-order chi connectivity index (χ0) is 11.9. The summed E-state index contributed by atoms with van der Waals surface area (Å²) in [5.41, 5.74) is -0.0891. The third-order valence-corrected chi connectivity index (χ3v) is 1.11. The van der Waals surface area contributed by atoms with Gasteiger partial charge in [0.25, 0.3) is 0 Å². The molecule has 0 aliphatic heterocycles. The Hall–Kier alpha value is -1.22. The second-order valence-corrected chi connectivity index (χ2v) is 5.36. The van der Waals surface area contributed by atoms with Gasteiger partial charge in [0.1, 0.15) is 0 Å². The molecule has 2 nitrogen and oxygen atoms in total. The Labute approximate surface area is 94.0 Å². The van der Waals surface area contributed by atoms with E-state index in [1.807, 2.05) is 41.5 Å². The molecule has 0 aliphatic carbocycles. The maximum Gasteiger partial charge on any atom is 0.594 e. The van der Waals surface area contributed by atoms with E-state index in [-0.39, 0.29) is 18.5 Å². The molecule has 0 aromatic carbocycles.